The van der Waals surface area contributed by atoms with Gasteiger partial charge in [-0.2, -0.15) is 0 Å². The number of carboxylic acids is 1. The molecule has 0 aliphatic carbocycles. The molecule has 0 aromatic carbocycles. The van der Waals surface area contributed by atoms with Crippen molar-refractivity contribution >= 4 is 11.9 Å². The molecule has 0 radical (unpaired) electrons. The van der Waals surface area contributed by atoms with Gasteiger partial charge in [0.1, 0.15) is 6.61 Å². The number of ether oxygens (including phenoxy) is 1. The van der Waals surface area contributed by atoms with Crippen molar-refractivity contribution in [2.24, 2.45) is 10.9 Å². The molecule has 1 atom stereocenters. The van der Waals surface area contributed by atoms with Gasteiger partial charge in [-0.15, -0.1) is 0 Å². The highest BCUT2D eigenvalue weighted by Crippen LogP contribution is 2.10. The first-order chi connectivity index (χ1) is 5.11. The van der Waals surface area contributed by atoms with E-state index in [0.717, 1.165) is 0 Å². The number of hydrogen-bond donors (Lipinski definition) is 1. The maximum absolute atomic E-state index is 10.4. The molecule has 0 bridgehead atoms. The SMILES string of the molecule is CC(C)C1=NC(C(=O)O)CO1. The normalized spacial score (nSPS) is 23.2. The summed E-state index contributed by atoms with van der Waals surface area (Å²) < 4.78 is 5.06. The summed E-state index contributed by atoms with van der Waals surface area (Å²) in [6.07, 6.45) is 0. The third kappa shape index (κ3) is 1.69. The first-order valence-electron chi connectivity index (χ1n) is 3.54. The van der Waals surface area contributed by atoms with Crippen molar-refractivity contribution in [3.05, 3.63) is 0 Å². The van der Waals surface area contributed by atoms with Gasteiger partial charge < -0.3 is 9.84 Å². The highest BCUT2D eigenvalue weighted by Gasteiger charge is 2.26. The van der Waals surface area contributed by atoms with E-state index in [0.29, 0.717) is 5.90 Å². The Labute approximate surface area is 64.9 Å². The molecule has 1 heterocycles. The summed E-state index contributed by atoms with van der Waals surface area (Å²) in [6.45, 7) is 4.02. The van der Waals surface area contributed by atoms with Gasteiger partial charge >= 0.3 is 5.97 Å². The van der Waals surface area contributed by atoms with Gasteiger partial charge in [0.05, 0.1) is 0 Å². The van der Waals surface area contributed by atoms with Crippen LogP contribution in [0.2, 0.25) is 0 Å². The van der Waals surface area contributed by atoms with Crippen LogP contribution < -0.4 is 0 Å². The molecule has 1 N–H and O–H groups in total. The van der Waals surface area contributed by atoms with Crippen LogP contribution in [0.5, 0.6) is 0 Å². The molecule has 4 nitrogen and oxygen atoms in total. The van der Waals surface area contributed by atoms with Gasteiger partial charge in [-0.1, -0.05) is 13.8 Å². The van der Waals surface area contributed by atoms with Gasteiger partial charge in [0, 0.05) is 5.92 Å². The summed E-state index contributed by atoms with van der Waals surface area (Å²) in [7, 11) is 0. The average Bonchev–Trinajstić information content (AvgIpc) is 2.33. The van der Waals surface area contributed by atoms with E-state index in [-0.39, 0.29) is 12.5 Å². The Balaban J connectivity index is 2.61. The number of rotatable bonds is 2. The lowest BCUT2D eigenvalue weighted by molar-refractivity contribution is -0.138. The average molecular weight is 157 g/mol. The fraction of sp³-hybridized carbons (Fsp3) is 0.714. The van der Waals surface area contributed by atoms with E-state index in [1.807, 2.05) is 13.8 Å². The molecule has 0 saturated heterocycles. The van der Waals surface area contributed by atoms with E-state index in [1.54, 1.807) is 0 Å². The third-order valence-corrected chi connectivity index (χ3v) is 1.45. The van der Waals surface area contributed by atoms with Gasteiger partial charge in [0.25, 0.3) is 0 Å². The lowest BCUT2D eigenvalue weighted by Gasteiger charge is -2.01. The van der Waals surface area contributed by atoms with Crippen LogP contribution in [0.3, 0.4) is 0 Å². The van der Waals surface area contributed by atoms with E-state index in [9.17, 15) is 4.79 Å². The lowest BCUT2D eigenvalue weighted by atomic mass is 10.2. The minimum atomic E-state index is -0.916. The van der Waals surface area contributed by atoms with E-state index in [2.05, 4.69) is 4.99 Å². The summed E-state index contributed by atoms with van der Waals surface area (Å²) in [5, 5.41) is 8.53. The van der Waals surface area contributed by atoms with Crippen LogP contribution in [-0.4, -0.2) is 29.6 Å². The van der Waals surface area contributed by atoms with Gasteiger partial charge in [-0.05, 0) is 0 Å². The summed E-state index contributed by atoms with van der Waals surface area (Å²) in [5.41, 5.74) is 0. The predicted molar refractivity (Wildman–Crippen MR) is 39.6 cm³/mol. The van der Waals surface area contributed by atoms with Gasteiger partial charge in [-0.3, -0.25) is 0 Å². The molecular formula is C7H11NO3. The summed E-state index contributed by atoms with van der Waals surface area (Å²) in [5.74, 6) is -0.183. The molecule has 11 heavy (non-hydrogen) atoms. The minimum absolute atomic E-state index is 0.180. The Morgan fingerprint density at radius 3 is 2.73 bits per heavy atom. The van der Waals surface area contributed by atoms with Gasteiger partial charge in [0.2, 0.25) is 0 Å². The minimum Gasteiger partial charge on any atom is -0.480 e. The molecule has 1 aliphatic heterocycles. The fourth-order valence-corrected chi connectivity index (χ4v) is 0.835. The largest absolute Gasteiger partial charge is 0.480 e. The van der Waals surface area contributed by atoms with Crippen molar-refractivity contribution in [1.82, 2.24) is 0 Å². The number of aliphatic imine (C=N–C) groups is 1. The Morgan fingerprint density at radius 2 is 2.45 bits per heavy atom. The second-order valence-electron chi connectivity index (χ2n) is 2.79. The van der Waals surface area contributed by atoms with Crippen molar-refractivity contribution in [2.45, 2.75) is 19.9 Å². The summed E-state index contributed by atoms with van der Waals surface area (Å²) in [6, 6.07) is -0.688. The molecule has 0 aromatic rings. The van der Waals surface area contributed by atoms with Crippen LogP contribution in [0.4, 0.5) is 0 Å². The molecule has 62 valence electrons. The molecular weight excluding hydrogens is 146 g/mol. The maximum Gasteiger partial charge on any atom is 0.332 e. The number of carbonyl (C=O) groups is 1. The number of aliphatic carboxylic acids is 1. The van der Waals surface area contributed by atoms with Gasteiger partial charge in [-0.25, -0.2) is 9.79 Å². The molecule has 0 fully saturated rings. The quantitative estimate of drug-likeness (QED) is 0.635. The smallest absolute Gasteiger partial charge is 0.332 e. The van der Waals surface area contributed by atoms with Crippen LogP contribution in [0.1, 0.15) is 13.8 Å². The summed E-state index contributed by atoms with van der Waals surface area (Å²) >= 11 is 0. The van der Waals surface area contributed by atoms with Crippen LogP contribution in [-0.2, 0) is 9.53 Å². The second-order valence-corrected chi connectivity index (χ2v) is 2.79. The van der Waals surface area contributed by atoms with Crippen LogP contribution in [0, 0.1) is 5.92 Å². The van der Waals surface area contributed by atoms with E-state index >= 15 is 0 Å². The molecule has 1 rings (SSSR count). The zero-order valence-electron chi connectivity index (χ0n) is 6.57. The zero-order valence-corrected chi connectivity index (χ0v) is 6.57. The topological polar surface area (TPSA) is 58.9 Å². The number of hydrogen-bond acceptors (Lipinski definition) is 3. The van der Waals surface area contributed by atoms with Crippen molar-refractivity contribution in [1.29, 1.82) is 0 Å². The predicted octanol–water partition coefficient (Wildman–Crippen LogP) is 0.524. The van der Waals surface area contributed by atoms with Crippen LogP contribution in [0.15, 0.2) is 4.99 Å². The molecule has 0 aromatic heterocycles. The molecule has 1 unspecified atom stereocenters. The fourth-order valence-electron chi connectivity index (χ4n) is 0.835. The standard InChI is InChI=1S/C7H11NO3/c1-4(2)6-8-5(3-11-6)7(9)10/h4-5H,3H2,1-2H3,(H,9,10). The highest BCUT2D eigenvalue weighted by molar-refractivity contribution is 5.85. The van der Waals surface area contributed by atoms with Crippen molar-refractivity contribution in [3.8, 4) is 0 Å². The Kier molecular flexibility index (Phi) is 2.12. The first kappa shape index (κ1) is 8.04. The van der Waals surface area contributed by atoms with Crippen molar-refractivity contribution < 1.29 is 14.6 Å². The van der Waals surface area contributed by atoms with Crippen LogP contribution in [0.25, 0.3) is 0 Å². The number of carboxylic acid groups (broad SMARTS) is 1. The first-order valence-corrected chi connectivity index (χ1v) is 3.54. The monoisotopic (exact) mass is 157 g/mol. The Morgan fingerprint density at radius 1 is 1.82 bits per heavy atom. The summed E-state index contributed by atoms with van der Waals surface area (Å²) in [4.78, 5) is 14.3. The van der Waals surface area contributed by atoms with Gasteiger partial charge in [0.15, 0.2) is 11.9 Å². The van der Waals surface area contributed by atoms with Crippen molar-refractivity contribution in [3.63, 3.8) is 0 Å². The molecule has 1 aliphatic rings. The van der Waals surface area contributed by atoms with Crippen LogP contribution >= 0.6 is 0 Å². The molecule has 0 saturated carbocycles. The lowest BCUT2D eigenvalue weighted by Crippen LogP contribution is -2.18. The van der Waals surface area contributed by atoms with E-state index < -0.39 is 12.0 Å². The molecule has 4 heteroatoms. The molecule has 0 spiro atoms. The Bertz CT molecular complexity index is 198. The van der Waals surface area contributed by atoms with E-state index in [1.165, 1.54) is 0 Å². The van der Waals surface area contributed by atoms with E-state index in [4.69, 9.17) is 9.84 Å². The maximum atomic E-state index is 10.4. The zero-order chi connectivity index (χ0) is 8.43. The number of nitrogens with zero attached hydrogens (tertiary/aromatic N) is 1. The van der Waals surface area contributed by atoms with Crippen molar-refractivity contribution in [2.75, 3.05) is 6.61 Å². The highest BCUT2D eigenvalue weighted by atomic mass is 16.5. The molecule has 0 amide bonds. The Hall–Kier alpha value is -1.06. The third-order valence-electron chi connectivity index (χ3n) is 1.45. The second kappa shape index (κ2) is 2.90.